The molecule has 0 aliphatic carbocycles. The van der Waals surface area contributed by atoms with E-state index in [-0.39, 0.29) is 11.9 Å². The van der Waals surface area contributed by atoms with Crippen molar-refractivity contribution in [2.75, 3.05) is 11.1 Å². The molecule has 0 amide bonds. The highest BCUT2D eigenvalue weighted by atomic mass is 79.9. The van der Waals surface area contributed by atoms with Crippen LogP contribution in [-0.4, -0.2) is 5.75 Å². The van der Waals surface area contributed by atoms with Gasteiger partial charge in [0.25, 0.3) is 0 Å². The molecule has 0 aromatic heterocycles. The Balaban J connectivity index is 1.92. The minimum Gasteiger partial charge on any atom is -0.378 e. The fourth-order valence-electron chi connectivity index (χ4n) is 2.72. The summed E-state index contributed by atoms with van der Waals surface area (Å²) in [7, 11) is 0. The van der Waals surface area contributed by atoms with Crippen molar-refractivity contribution in [1.82, 2.24) is 0 Å². The molecule has 1 heterocycles. The van der Waals surface area contributed by atoms with Gasteiger partial charge in [-0.25, -0.2) is 4.39 Å². The summed E-state index contributed by atoms with van der Waals surface area (Å²) >= 11 is 5.14. The molecule has 1 aliphatic rings. The summed E-state index contributed by atoms with van der Waals surface area (Å²) in [6.07, 6.45) is 1.99. The van der Waals surface area contributed by atoms with Crippen molar-refractivity contribution in [3.05, 3.63) is 57.8 Å². The van der Waals surface area contributed by atoms with E-state index in [0.717, 1.165) is 39.2 Å². The average molecular weight is 366 g/mol. The average Bonchev–Trinajstić information content (AvgIpc) is 2.50. The Morgan fingerprint density at radius 1 is 1.33 bits per heavy atom. The lowest BCUT2D eigenvalue weighted by Gasteiger charge is -2.28. The normalized spacial score (nSPS) is 17.4. The molecule has 1 nitrogen and oxygen atoms in total. The van der Waals surface area contributed by atoms with E-state index in [0.29, 0.717) is 0 Å². The van der Waals surface area contributed by atoms with E-state index < -0.39 is 0 Å². The fourth-order valence-corrected chi connectivity index (χ4v) is 4.27. The highest BCUT2D eigenvalue weighted by Gasteiger charge is 2.23. The van der Waals surface area contributed by atoms with E-state index in [9.17, 15) is 4.39 Å². The first-order valence-corrected chi connectivity index (χ1v) is 8.93. The number of fused-ring (bicyclic) bond motifs is 1. The van der Waals surface area contributed by atoms with Gasteiger partial charge in [0.2, 0.25) is 0 Å². The van der Waals surface area contributed by atoms with Crippen molar-refractivity contribution >= 4 is 33.4 Å². The summed E-state index contributed by atoms with van der Waals surface area (Å²) in [5.74, 6) is 0.847. The van der Waals surface area contributed by atoms with E-state index in [1.54, 1.807) is 23.9 Å². The van der Waals surface area contributed by atoms with Crippen LogP contribution in [-0.2, 0) is 6.42 Å². The number of halogens is 2. The van der Waals surface area contributed by atoms with Gasteiger partial charge in [0.05, 0.1) is 6.04 Å². The van der Waals surface area contributed by atoms with Crippen LogP contribution in [0.2, 0.25) is 0 Å². The summed E-state index contributed by atoms with van der Waals surface area (Å²) in [6.45, 7) is 2.15. The number of rotatable bonds is 3. The number of anilines is 1. The van der Waals surface area contributed by atoms with Gasteiger partial charge in [-0.2, -0.15) is 0 Å². The molecule has 1 aliphatic heterocycles. The molecule has 4 heteroatoms. The first-order chi connectivity index (χ1) is 10.2. The fraction of sp³-hybridized carbons (Fsp3) is 0.294. The summed E-state index contributed by atoms with van der Waals surface area (Å²) in [5, 5.41) is 3.61. The van der Waals surface area contributed by atoms with Gasteiger partial charge in [0.15, 0.2) is 0 Å². The number of hydrogen-bond acceptors (Lipinski definition) is 2. The zero-order valence-corrected chi connectivity index (χ0v) is 14.2. The van der Waals surface area contributed by atoms with Gasteiger partial charge in [-0.15, -0.1) is 11.8 Å². The number of thioether (sulfide) groups is 1. The maximum atomic E-state index is 13.9. The molecule has 1 unspecified atom stereocenters. The highest BCUT2D eigenvalue weighted by Crippen LogP contribution is 2.39. The predicted octanol–water partition coefficient (Wildman–Crippen LogP) is 5.80. The van der Waals surface area contributed by atoms with Crippen LogP contribution in [0.15, 0.2) is 45.8 Å². The molecule has 21 heavy (non-hydrogen) atoms. The quantitative estimate of drug-likeness (QED) is 0.737. The third-order valence-corrected chi connectivity index (χ3v) is 5.46. The van der Waals surface area contributed by atoms with Crippen LogP contribution in [0.5, 0.6) is 0 Å². The second-order valence-electron chi connectivity index (χ2n) is 5.15. The number of hydrogen-bond donors (Lipinski definition) is 1. The molecule has 0 radical (unpaired) electrons. The van der Waals surface area contributed by atoms with Crippen LogP contribution in [0.3, 0.4) is 0 Å². The standard InChI is InChI=1S/C17H17BrFNS/c1-2-11-10-12(18)6-7-15(11)20-16-8-9-21-17-13(16)4-3-5-14(17)19/h3-7,10,16,20H,2,8-9H2,1H3. The molecular formula is C17H17BrFNS. The maximum Gasteiger partial charge on any atom is 0.137 e. The minimum absolute atomic E-state index is 0.101. The van der Waals surface area contributed by atoms with Gasteiger partial charge in [-0.3, -0.25) is 0 Å². The topological polar surface area (TPSA) is 12.0 Å². The first kappa shape index (κ1) is 14.9. The lowest BCUT2D eigenvalue weighted by atomic mass is 10.0. The van der Waals surface area contributed by atoms with Gasteiger partial charge in [0.1, 0.15) is 5.82 Å². The van der Waals surface area contributed by atoms with Crippen molar-refractivity contribution in [3.63, 3.8) is 0 Å². The minimum atomic E-state index is -0.101. The molecule has 110 valence electrons. The molecule has 0 saturated carbocycles. The SMILES string of the molecule is CCc1cc(Br)ccc1NC1CCSc2c(F)cccc21. The Bertz CT molecular complexity index is 659. The first-order valence-electron chi connectivity index (χ1n) is 7.15. The van der Waals surface area contributed by atoms with Crippen molar-refractivity contribution in [3.8, 4) is 0 Å². The lowest BCUT2D eigenvalue weighted by molar-refractivity contribution is 0.585. The Morgan fingerprint density at radius 2 is 2.19 bits per heavy atom. The number of aryl methyl sites for hydroxylation is 1. The van der Waals surface area contributed by atoms with Gasteiger partial charge in [-0.1, -0.05) is 35.0 Å². The molecule has 0 fully saturated rings. The van der Waals surface area contributed by atoms with E-state index in [1.165, 1.54) is 5.56 Å². The number of nitrogens with one attached hydrogen (secondary N) is 1. The monoisotopic (exact) mass is 365 g/mol. The van der Waals surface area contributed by atoms with Gasteiger partial charge < -0.3 is 5.32 Å². The van der Waals surface area contributed by atoms with Gasteiger partial charge in [-0.05, 0) is 48.2 Å². The van der Waals surface area contributed by atoms with Crippen molar-refractivity contribution in [2.24, 2.45) is 0 Å². The largest absolute Gasteiger partial charge is 0.378 e. The molecular weight excluding hydrogens is 349 g/mol. The van der Waals surface area contributed by atoms with E-state index in [4.69, 9.17) is 0 Å². The summed E-state index contributed by atoms with van der Waals surface area (Å²) in [4.78, 5) is 0.802. The Morgan fingerprint density at radius 3 is 3.00 bits per heavy atom. The Labute approximate surface area is 137 Å². The maximum absolute atomic E-state index is 13.9. The molecule has 0 bridgehead atoms. The second-order valence-corrected chi connectivity index (χ2v) is 7.17. The Hall–Kier alpha value is -1.00. The highest BCUT2D eigenvalue weighted by molar-refractivity contribution is 9.10. The van der Waals surface area contributed by atoms with Crippen LogP contribution in [0.25, 0.3) is 0 Å². The van der Waals surface area contributed by atoms with E-state index in [2.05, 4.69) is 40.3 Å². The molecule has 2 aromatic rings. The summed E-state index contributed by atoms with van der Waals surface area (Å²) < 4.78 is 15.0. The van der Waals surface area contributed by atoms with E-state index in [1.807, 2.05) is 12.1 Å². The van der Waals surface area contributed by atoms with Crippen molar-refractivity contribution in [1.29, 1.82) is 0 Å². The third-order valence-electron chi connectivity index (χ3n) is 3.80. The van der Waals surface area contributed by atoms with E-state index >= 15 is 0 Å². The molecule has 0 saturated heterocycles. The smallest absolute Gasteiger partial charge is 0.137 e. The van der Waals surface area contributed by atoms with Crippen LogP contribution in [0.4, 0.5) is 10.1 Å². The van der Waals surface area contributed by atoms with Crippen LogP contribution in [0.1, 0.15) is 30.5 Å². The zero-order valence-electron chi connectivity index (χ0n) is 11.8. The molecule has 1 N–H and O–H groups in total. The predicted molar refractivity (Wildman–Crippen MR) is 91.6 cm³/mol. The number of benzene rings is 2. The summed E-state index contributed by atoms with van der Waals surface area (Å²) in [6, 6.07) is 11.9. The molecule has 1 atom stereocenters. The zero-order chi connectivity index (χ0) is 14.8. The van der Waals surface area contributed by atoms with Crippen molar-refractivity contribution < 1.29 is 4.39 Å². The molecule has 0 spiro atoms. The molecule has 3 rings (SSSR count). The molecule has 2 aromatic carbocycles. The van der Waals surface area contributed by atoms with Crippen LogP contribution < -0.4 is 5.32 Å². The lowest BCUT2D eigenvalue weighted by Crippen LogP contribution is -2.17. The van der Waals surface area contributed by atoms with Crippen LogP contribution >= 0.6 is 27.7 Å². The van der Waals surface area contributed by atoms with Crippen molar-refractivity contribution in [2.45, 2.75) is 30.7 Å². The summed E-state index contributed by atoms with van der Waals surface area (Å²) in [5.41, 5.74) is 3.50. The third kappa shape index (κ3) is 3.11. The Kier molecular flexibility index (Phi) is 4.55. The van der Waals surface area contributed by atoms with Crippen LogP contribution in [0, 0.1) is 5.82 Å². The van der Waals surface area contributed by atoms with Gasteiger partial charge >= 0.3 is 0 Å². The second kappa shape index (κ2) is 6.41. The van der Waals surface area contributed by atoms with Gasteiger partial charge in [0, 0.05) is 20.8 Å².